The van der Waals surface area contributed by atoms with Gasteiger partial charge in [0, 0.05) is 5.54 Å². The van der Waals surface area contributed by atoms with Crippen LogP contribution in [-0.4, -0.2) is 35.9 Å². The second-order valence-electron chi connectivity index (χ2n) is 6.30. The number of carbonyl (C=O) groups is 1. The van der Waals surface area contributed by atoms with E-state index in [2.05, 4.69) is 0 Å². The first-order valence-corrected chi connectivity index (χ1v) is 8.14. The molecule has 0 aliphatic heterocycles. The Kier molecular flexibility index (Phi) is 4.85. The molecule has 0 saturated carbocycles. The molecule has 0 unspecified atom stereocenters. The van der Waals surface area contributed by atoms with Crippen LogP contribution in [0.15, 0.2) is 17.0 Å². The summed E-state index contributed by atoms with van der Waals surface area (Å²) in [5, 5.41) is 9.03. The van der Waals surface area contributed by atoms with Crippen LogP contribution in [0.4, 0.5) is 0 Å². The molecule has 0 aromatic heterocycles. The quantitative estimate of drug-likeness (QED) is 0.926. The van der Waals surface area contributed by atoms with Crippen molar-refractivity contribution < 1.29 is 18.3 Å². The molecule has 0 amide bonds. The molecule has 0 aliphatic carbocycles. The largest absolute Gasteiger partial charge is 0.480 e. The highest BCUT2D eigenvalue weighted by Crippen LogP contribution is 2.29. The first-order valence-electron chi connectivity index (χ1n) is 6.70. The van der Waals surface area contributed by atoms with Crippen molar-refractivity contribution in [1.29, 1.82) is 0 Å². The third-order valence-electron chi connectivity index (χ3n) is 3.18. The van der Waals surface area contributed by atoms with Crippen LogP contribution in [0.1, 0.15) is 37.5 Å². The summed E-state index contributed by atoms with van der Waals surface area (Å²) >= 11 is 0. The fraction of sp³-hybridized carbons (Fsp3) is 0.533. The second-order valence-corrected chi connectivity index (χ2v) is 8.10. The van der Waals surface area contributed by atoms with Crippen molar-refractivity contribution in [2.45, 2.75) is 52.0 Å². The third kappa shape index (κ3) is 3.83. The highest BCUT2D eigenvalue weighted by atomic mass is 32.2. The Morgan fingerprint density at radius 2 is 1.57 bits per heavy atom. The van der Waals surface area contributed by atoms with Gasteiger partial charge in [0.1, 0.15) is 6.54 Å². The summed E-state index contributed by atoms with van der Waals surface area (Å²) in [7, 11) is -3.88. The van der Waals surface area contributed by atoms with E-state index in [1.807, 2.05) is 6.92 Å². The summed E-state index contributed by atoms with van der Waals surface area (Å²) in [6, 6.07) is 3.59. The van der Waals surface area contributed by atoms with E-state index in [1.165, 1.54) is 0 Å². The molecule has 1 rings (SSSR count). The number of rotatable bonds is 4. The zero-order chi connectivity index (χ0) is 16.6. The maximum atomic E-state index is 12.9. The summed E-state index contributed by atoms with van der Waals surface area (Å²) in [5.74, 6) is -1.17. The molecular weight excluding hydrogens is 290 g/mol. The Hall–Kier alpha value is -1.40. The van der Waals surface area contributed by atoms with Gasteiger partial charge >= 0.3 is 5.97 Å². The Balaban J connectivity index is 3.54. The summed E-state index contributed by atoms with van der Waals surface area (Å²) in [5.41, 5.74) is 1.42. The minimum absolute atomic E-state index is 0.198. The van der Waals surface area contributed by atoms with Crippen molar-refractivity contribution in [1.82, 2.24) is 4.31 Å². The van der Waals surface area contributed by atoms with Crippen LogP contribution in [0.2, 0.25) is 0 Å². The predicted octanol–water partition coefficient (Wildman–Crippen LogP) is 2.49. The van der Waals surface area contributed by atoms with E-state index in [4.69, 9.17) is 5.11 Å². The molecule has 0 aliphatic rings. The maximum absolute atomic E-state index is 12.9. The van der Waals surface area contributed by atoms with Crippen LogP contribution >= 0.6 is 0 Å². The van der Waals surface area contributed by atoms with Crippen molar-refractivity contribution in [2.24, 2.45) is 0 Å². The van der Waals surface area contributed by atoms with Gasteiger partial charge < -0.3 is 5.11 Å². The van der Waals surface area contributed by atoms with E-state index in [0.29, 0.717) is 11.1 Å². The highest BCUT2D eigenvalue weighted by molar-refractivity contribution is 7.89. The number of sulfonamides is 1. The molecule has 1 aromatic carbocycles. The average molecular weight is 313 g/mol. The van der Waals surface area contributed by atoms with Crippen LogP contribution in [0.3, 0.4) is 0 Å². The molecule has 0 bridgehead atoms. The first-order chi connectivity index (χ1) is 9.37. The van der Waals surface area contributed by atoms with Gasteiger partial charge in [0.2, 0.25) is 10.0 Å². The molecule has 0 fully saturated rings. The lowest BCUT2D eigenvalue weighted by atomic mass is 10.1. The smallest absolute Gasteiger partial charge is 0.318 e. The monoisotopic (exact) mass is 313 g/mol. The third-order valence-corrected chi connectivity index (χ3v) is 5.60. The maximum Gasteiger partial charge on any atom is 0.318 e. The zero-order valence-corrected chi connectivity index (χ0v) is 14.2. The SMILES string of the molecule is Cc1cc(C)c(S(=O)(=O)N(CC(=O)O)C(C)(C)C)c(C)c1. The van der Waals surface area contributed by atoms with Gasteiger partial charge in [-0.3, -0.25) is 4.79 Å². The van der Waals surface area contributed by atoms with Crippen LogP contribution in [-0.2, 0) is 14.8 Å². The van der Waals surface area contributed by atoms with E-state index >= 15 is 0 Å². The Morgan fingerprint density at radius 1 is 1.14 bits per heavy atom. The molecule has 1 N–H and O–H groups in total. The Bertz CT molecular complexity index is 634. The minimum Gasteiger partial charge on any atom is -0.480 e. The van der Waals surface area contributed by atoms with Crippen molar-refractivity contribution in [3.63, 3.8) is 0 Å². The first kappa shape index (κ1) is 17.7. The standard InChI is InChI=1S/C15H23NO4S/c1-10-7-11(2)14(12(3)8-10)21(19,20)16(9-13(17)18)15(4,5)6/h7-8H,9H2,1-6H3,(H,17,18). The zero-order valence-electron chi connectivity index (χ0n) is 13.4. The van der Waals surface area contributed by atoms with Gasteiger partial charge in [-0.2, -0.15) is 4.31 Å². The van der Waals surface area contributed by atoms with Crippen molar-refractivity contribution in [3.05, 3.63) is 28.8 Å². The Morgan fingerprint density at radius 3 is 1.90 bits per heavy atom. The van der Waals surface area contributed by atoms with Crippen LogP contribution in [0.5, 0.6) is 0 Å². The molecular formula is C15H23NO4S. The summed E-state index contributed by atoms with van der Waals surface area (Å²) < 4.78 is 26.9. The summed E-state index contributed by atoms with van der Waals surface area (Å²) in [4.78, 5) is 11.3. The van der Waals surface area contributed by atoms with Crippen LogP contribution < -0.4 is 0 Å². The van der Waals surface area contributed by atoms with E-state index in [0.717, 1.165) is 9.87 Å². The molecule has 0 spiro atoms. The van der Waals surface area contributed by atoms with Crippen LogP contribution in [0.25, 0.3) is 0 Å². The average Bonchev–Trinajstić information content (AvgIpc) is 2.21. The lowest BCUT2D eigenvalue weighted by molar-refractivity contribution is -0.138. The summed E-state index contributed by atoms with van der Waals surface area (Å²) in [6.45, 7) is 9.86. The fourth-order valence-corrected chi connectivity index (χ4v) is 4.64. The minimum atomic E-state index is -3.88. The van der Waals surface area contributed by atoms with E-state index in [1.54, 1.807) is 46.8 Å². The van der Waals surface area contributed by atoms with E-state index in [-0.39, 0.29) is 4.90 Å². The molecule has 6 heteroatoms. The second kappa shape index (κ2) is 5.77. The molecule has 0 heterocycles. The highest BCUT2D eigenvalue weighted by Gasteiger charge is 2.37. The molecule has 0 radical (unpaired) electrons. The van der Waals surface area contributed by atoms with E-state index < -0.39 is 28.1 Å². The molecule has 118 valence electrons. The number of nitrogens with zero attached hydrogens (tertiary/aromatic N) is 1. The van der Waals surface area contributed by atoms with Crippen molar-refractivity contribution >= 4 is 16.0 Å². The van der Waals surface area contributed by atoms with Gasteiger partial charge in [-0.25, -0.2) is 8.42 Å². The van der Waals surface area contributed by atoms with E-state index in [9.17, 15) is 13.2 Å². The lowest BCUT2D eigenvalue weighted by Gasteiger charge is -2.34. The van der Waals surface area contributed by atoms with Crippen molar-refractivity contribution in [3.8, 4) is 0 Å². The predicted molar refractivity (Wildman–Crippen MR) is 81.9 cm³/mol. The molecule has 0 saturated heterocycles. The van der Waals surface area contributed by atoms with Gasteiger partial charge in [0.25, 0.3) is 0 Å². The number of carboxylic acid groups (broad SMARTS) is 1. The number of carboxylic acids is 1. The van der Waals surface area contributed by atoms with Gasteiger partial charge in [0.15, 0.2) is 0 Å². The Labute approximate surface area is 126 Å². The molecule has 0 atom stereocenters. The number of benzene rings is 1. The van der Waals surface area contributed by atoms with Gasteiger partial charge in [-0.15, -0.1) is 0 Å². The summed E-state index contributed by atoms with van der Waals surface area (Å²) in [6.07, 6.45) is 0. The number of aryl methyl sites for hydroxylation is 3. The lowest BCUT2D eigenvalue weighted by Crippen LogP contribution is -2.48. The van der Waals surface area contributed by atoms with Gasteiger partial charge in [-0.1, -0.05) is 17.7 Å². The fourth-order valence-electron chi connectivity index (χ4n) is 2.49. The van der Waals surface area contributed by atoms with Crippen molar-refractivity contribution in [2.75, 3.05) is 6.54 Å². The topological polar surface area (TPSA) is 74.7 Å². The van der Waals surface area contributed by atoms with Gasteiger partial charge in [0.05, 0.1) is 4.90 Å². The number of hydrogen-bond donors (Lipinski definition) is 1. The number of aliphatic carboxylic acids is 1. The molecule has 5 nitrogen and oxygen atoms in total. The normalized spacial score (nSPS) is 12.7. The number of hydrogen-bond acceptors (Lipinski definition) is 3. The van der Waals surface area contributed by atoms with Crippen LogP contribution in [0, 0.1) is 20.8 Å². The molecule has 1 aromatic rings. The molecule has 21 heavy (non-hydrogen) atoms. The van der Waals surface area contributed by atoms with Gasteiger partial charge in [-0.05, 0) is 52.7 Å².